The predicted octanol–water partition coefficient (Wildman–Crippen LogP) is 16.3. The van der Waals surface area contributed by atoms with Crippen molar-refractivity contribution in [2.24, 2.45) is 0 Å². The zero-order valence-corrected chi connectivity index (χ0v) is 32.7. The molecule has 0 radical (unpaired) electrons. The molecule has 0 aliphatic rings. The first-order valence-corrected chi connectivity index (χ1v) is 20.2. The first kappa shape index (κ1) is 35.1. The van der Waals surface area contributed by atoms with Gasteiger partial charge in [-0.3, -0.25) is 0 Å². The average molecular weight is 771 g/mol. The Morgan fingerprint density at radius 2 is 0.533 bits per heavy atom. The largest absolute Gasteiger partial charge is 0.360 e. The number of hydrogen-bond donors (Lipinski definition) is 0. The van der Waals surface area contributed by atoms with Crippen LogP contribution in [0.3, 0.4) is 0 Å². The third-order valence-corrected chi connectivity index (χ3v) is 11.4. The topological polar surface area (TPSA) is 29.1 Å². The lowest BCUT2D eigenvalue weighted by atomic mass is 9.95. The Morgan fingerprint density at radius 3 is 0.867 bits per heavy atom. The number of anilines is 6. The van der Waals surface area contributed by atoms with Gasteiger partial charge < -0.3 is 9.80 Å². The summed E-state index contributed by atoms with van der Waals surface area (Å²) in [4.78, 5) is 4.53. The van der Waals surface area contributed by atoms with Gasteiger partial charge in [0.05, 0.1) is 34.0 Å². The number of nitrogens with zero attached hydrogens (tertiary/aromatic N) is 2. The minimum atomic E-state index is 0.822. The fourth-order valence-corrected chi connectivity index (χ4v) is 8.47. The van der Waals surface area contributed by atoms with Crippen LogP contribution in [0.2, 0.25) is 0 Å². The van der Waals surface area contributed by atoms with Crippen molar-refractivity contribution in [1.29, 1.82) is 0 Å². The lowest BCUT2D eigenvalue weighted by Crippen LogP contribution is -2.09. The molecule has 0 aliphatic carbocycles. The molecule has 60 heavy (non-hydrogen) atoms. The number of fused-ring (bicyclic) bond motifs is 7. The number of benzene rings is 9. The normalized spacial score (nSPS) is 11.3. The van der Waals surface area contributed by atoms with E-state index in [2.05, 4.69) is 204 Å². The molecular formula is C56H38N2O2+2. The Bertz CT molecular complexity index is 2980. The van der Waals surface area contributed by atoms with Crippen molar-refractivity contribution < 1.29 is 8.83 Å². The molecule has 11 aromatic rings. The molecule has 0 saturated carbocycles. The van der Waals surface area contributed by atoms with Crippen LogP contribution in [0, 0.1) is 0 Å². The molecule has 4 nitrogen and oxygen atoms in total. The van der Waals surface area contributed by atoms with Gasteiger partial charge in [0.15, 0.2) is 0 Å². The van der Waals surface area contributed by atoms with Gasteiger partial charge in [0, 0.05) is 44.9 Å². The Balaban J connectivity index is 0.891. The Morgan fingerprint density at radius 1 is 0.250 bits per heavy atom. The van der Waals surface area contributed by atoms with Gasteiger partial charge in [-0.25, -0.2) is 8.83 Å². The first-order valence-electron chi connectivity index (χ1n) is 20.2. The van der Waals surface area contributed by atoms with Gasteiger partial charge in [-0.2, -0.15) is 0 Å². The van der Waals surface area contributed by atoms with Crippen molar-refractivity contribution in [3.8, 4) is 22.6 Å². The van der Waals surface area contributed by atoms with Gasteiger partial charge in [0.1, 0.15) is 0 Å². The van der Waals surface area contributed by atoms with Gasteiger partial charge in [0.2, 0.25) is 0 Å². The molecule has 282 valence electrons. The highest BCUT2D eigenvalue weighted by molar-refractivity contribution is 6.22. The van der Waals surface area contributed by atoms with Crippen LogP contribution in [0.15, 0.2) is 240 Å². The molecule has 0 bridgehead atoms. The van der Waals surface area contributed by atoms with Crippen LogP contribution in [-0.2, 0) is 0 Å². The van der Waals surface area contributed by atoms with Gasteiger partial charge in [-0.15, -0.1) is 0 Å². The Hall–Kier alpha value is -8.08. The Labute approximate surface area is 348 Å². The molecule has 11 rings (SSSR count). The number of rotatable bonds is 8. The molecule has 9 aromatic carbocycles. The van der Waals surface area contributed by atoms with Crippen molar-refractivity contribution in [2.45, 2.75) is 0 Å². The summed E-state index contributed by atoms with van der Waals surface area (Å²) < 4.78 is 12.8. The van der Waals surface area contributed by atoms with E-state index in [1.807, 2.05) is 36.8 Å². The second-order valence-electron chi connectivity index (χ2n) is 15.0. The van der Waals surface area contributed by atoms with E-state index >= 15 is 0 Å². The minimum Gasteiger partial charge on any atom is -0.311 e. The van der Waals surface area contributed by atoms with Crippen LogP contribution >= 0.6 is 0 Å². The molecular weight excluding hydrogens is 733 g/mol. The summed E-state index contributed by atoms with van der Waals surface area (Å²) in [6.07, 6.45) is 3.81. The van der Waals surface area contributed by atoms with E-state index in [9.17, 15) is 0 Å². The van der Waals surface area contributed by atoms with Gasteiger partial charge in [-0.1, -0.05) is 109 Å². The quantitative estimate of drug-likeness (QED) is 0.114. The van der Waals surface area contributed by atoms with E-state index in [1.165, 1.54) is 10.8 Å². The van der Waals surface area contributed by atoms with Crippen molar-refractivity contribution in [3.05, 3.63) is 231 Å². The third-order valence-electron chi connectivity index (χ3n) is 11.4. The zero-order chi connectivity index (χ0) is 39.8. The highest BCUT2D eigenvalue weighted by Crippen LogP contribution is 2.40. The maximum absolute atomic E-state index is 6.38. The standard InChI is InChI=1S/C56H38N2O2/c1-5-13-43(14-6-1)57(44-15-7-2-8-16-44)47-27-21-39(22-28-47)55-35-41-25-31-49-50-32-26-42-36-56(60-38-54(42)52(50)34-33-51(49)53(41)37-59-55)40-23-29-48(30-24-40)58(45-17-9-3-10-18-45)46-19-11-4-12-20-46/h1-38H/q+2. The second-order valence-corrected chi connectivity index (χ2v) is 15.0. The summed E-state index contributed by atoms with van der Waals surface area (Å²) in [6.45, 7) is 0. The van der Waals surface area contributed by atoms with Crippen molar-refractivity contribution >= 4 is 77.2 Å². The van der Waals surface area contributed by atoms with Crippen LogP contribution in [0.25, 0.3) is 65.7 Å². The molecule has 0 unspecified atom stereocenters. The molecule has 0 amide bonds. The summed E-state index contributed by atoms with van der Waals surface area (Å²) in [5.41, 5.74) is 8.63. The highest BCUT2D eigenvalue weighted by atomic mass is 16.3. The highest BCUT2D eigenvalue weighted by Gasteiger charge is 2.20. The third kappa shape index (κ3) is 6.37. The van der Waals surface area contributed by atoms with Crippen LogP contribution in [-0.4, -0.2) is 0 Å². The van der Waals surface area contributed by atoms with Crippen molar-refractivity contribution in [3.63, 3.8) is 0 Å². The van der Waals surface area contributed by atoms with Gasteiger partial charge in [-0.05, 0) is 119 Å². The monoisotopic (exact) mass is 770 g/mol. The number of para-hydroxylation sites is 4. The fraction of sp³-hybridized carbons (Fsp3) is 0. The summed E-state index contributed by atoms with van der Waals surface area (Å²) >= 11 is 0. The van der Waals surface area contributed by atoms with E-state index in [1.54, 1.807) is 0 Å². The maximum atomic E-state index is 6.38. The van der Waals surface area contributed by atoms with Gasteiger partial charge in [0.25, 0.3) is 0 Å². The second kappa shape index (κ2) is 15.0. The summed E-state index contributed by atoms with van der Waals surface area (Å²) in [6, 6.07) is 76.6. The summed E-state index contributed by atoms with van der Waals surface area (Å²) in [5, 5.41) is 9.08. The van der Waals surface area contributed by atoms with Crippen LogP contribution in [0.5, 0.6) is 0 Å². The average Bonchev–Trinajstić information content (AvgIpc) is 3.33. The molecule has 0 aliphatic heterocycles. The maximum Gasteiger partial charge on any atom is 0.360 e. The molecule has 2 aromatic heterocycles. The SMILES string of the molecule is c1ccc(N(c2ccccc2)c2ccc(-c3cc4ccc5c(ccc6c7c[o+]c(-c8ccc(N(c9ccccc9)c9ccccc9)cc8)cc7ccc65)c4c[o+]3)cc2)cc1. The smallest absolute Gasteiger partial charge is 0.311 e. The van der Waals surface area contributed by atoms with Crippen molar-refractivity contribution in [1.82, 2.24) is 0 Å². The minimum absolute atomic E-state index is 0.822. The van der Waals surface area contributed by atoms with E-state index in [4.69, 9.17) is 8.83 Å². The zero-order valence-electron chi connectivity index (χ0n) is 32.7. The lowest BCUT2D eigenvalue weighted by molar-refractivity contribution is 0.573. The molecule has 0 N–H and O–H groups in total. The molecule has 0 saturated heterocycles. The molecule has 0 fully saturated rings. The molecule has 0 atom stereocenters. The lowest BCUT2D eigenvalue weighted by Gasteiger charge is -2.25. The Kier molecular flexibility index (Phi) is 8.79. The van der Waals surface area contributed by atoms with E-state index in [0.717, 1.165) is 89.1 Å². The predicted molar refractivity (Wildman–Crippen MR) is 250 cm³/mol. The van der Waals surface area contributed by atoms with Crippen LogP contribution in [0.4, 0.5) is 34.1 Å². The molecule has 2 heterocycles. The van der Waals surface area contributed by atoms with Crippen LogP contribution < -0.4 is 9.80 Å². The fourth-order valence-electron chi connectivity index (χ4n) is 8.47. The first-order chi connectivity index (χ1) is 29.7. The van der Waals surface area contributed by atoms with E-state index in [0.29, 0.717) is 0 Å². The van der Waals surface area contributed by atoms with Gasteiger partial charge >= 0.3 is 24.0 Å². The summed E-state index contributed by atoms with van der Waals surface area (Å²) in [5.74, 6) is 1.64. The number of hydrogen-bond acceptors (Lipinski definition) is 2. The molecule has 0 spiro atoms. The summed E-state index contributed by atoms with van der Waals surface area (Å²) in [7, 11) is 0. The van der Waals surface area contributed by atoms with Crippen LogP contribution in [0.1, 0.15) is 0 Å². The van der Waals surface area contributed by atoms with E-state index in [-0.39, 0.29) is 0 Å². The van der Waals surface area contributed by atoms with E-state index < -0.39 is 0 Å². The molecule has 4 heteroatoms. The van der Waals surface area contributed by atoms with Crippen molar-refractivity contribution in [2.75, 3.05) is 9.80 Å².